The Morgan fingerprint density at radius 1 is 1.02 bits per heavy atom. The summed E-state index contributed by atoms with van der Waals surface area (Å²) in [4.78, 5) is 39.2. The highest BCUT2D eigenvalue weighted by Gasteiger charge is 2.21. The first-order valence-corrected chi connectivity index (χ1v) is 16.3. The third kappa shape index (κ3) is 8.71. The van der Waals surface area contributed by atoms with Crippen LogP contribution in [0.2, 0.25) is 0 Å². The van der Waals surface area contributed by atoms with Crippen LogP contribution in [-0.2, 0) is 30.8 Å². The van der Waals surface area contributed by atoms with E-state index in [-0.39, 0.29) is 23.4 Å². The lowest BCUT2D eigenvalue weighted by atomic mass is 9.93. The van der Waals surface area contributed by atoms with Crippen molar-refractivity contribution in [1.29, 1.82) is 0 Å². The van der Waals surface area contributed by atoms with Crippen molar-refractivity contribution in [1.82, 2.24) is 29.7 Å². The summed E-state index contributed by atoms with van der Waals surface area (Å²) in [6, 6.07) is 15.9. The Bertz CT molecular complexity index is 1620. The lowest BCUT2D eigenvalue weighted by Gasteiger charge is -2.32. The molecule has 46 heavy (non-hydrogen) atoms. The number of H-pyrrole nitrogens is 1. The first-order valence-electron chi connectivity index (χ1n) is 16.3. The van der Waals surface area contributed by atoms with Crippen molar-refractivity contribution in [3.05, 3.63) is 81.3 Å². The van der Waals surface area contributed by atoms with Crippen molar-refractivity contribution in [3.8, 4) is 6.01 Å². The smallest absolute Gasteiger partial charge is 0.328 e. The van der Waals surface area contributed by atoms with Gasteiger partial charge in [-0.05, 0) is 73.4 Å². The van der Waals surface area contributed by atoms with Gasteiger partial charge < -0.3 is 32.2 Å². The molecule has 0 saturated carbocycles. The van der Waals surface area contributed by atoms with Crippen LogP contribution in [0.4, 0.5) is 5.82 Å². The maximum atomic E-state index is 12.7. The molecule has 12 heteroatoms. The average molecular weight is 630 g/mol. The topological polar surface area (TPSA) is 183 Å². The van der Waals surface area contributed by atoms with E-state index >= 15 is 0 Å². The summed E-state index contributed by atoms with van der Waals surface area (Å²) in [6.07, 6.45) is 5.55. The highest BCUT2D eigenvalue weighted by Crippen LogP contribution is 2.22. The van der Waals surface area contributed by atoms with E-state index in [9.17, 15) is 9.59 Å². The van der Waals surface area contributed by atoms with Gasteiger partial charge in [0, 0.05) is 19.6 Å². The number of hydrogen-bond donors (Lipinski definition) is 5. The molecule has 1 aliphatic heterocycles. The van der Waals surface area contributed by atoms with Gasteiger partial charge >= 0.3 is 11.7 Å². The number of rotatable bonds is 15. The molecule has 8 N–H and O–H groups in total. The van der Waals surface area contributed by atoms with Crippen molar-refractivity contribution >= 4 is 22.9 Å². The second kappa shape index (κ2) is 15.8. The van der Waals surface area contributed by atoms with Crippen molar-refractivity contribution in [2.75, 3.05) is 32.0 Å². The van der Waals surface area contributed by atoms with Crippen molar-refractivity contribution in [2.24, 2.45) is 17.4 Å². The number of nitrogens with zero attached hydrogens (tertiary/aromatic N) is 4. The molecule has 1 atom stereocenters. The van der Waals surface area contributed by atoms with E-state index in [4.69, 9.17) is 21.9 Å². The van der Waals surface area contributed by atoms with Crippen LogP contribution in [0.25, 0.3) is 11.2 Å². The number of ether oxygens (including phenoxy) is 1. The lowest BCUT2D eigenvalue weighted by Crippen LogP contribution is -2.43. The summed E-state index contributed by atoms with van der Waals surface area (Å²) >= 11 is 0. The molecule has 246 valence electrons. The fourth-order valence-corrected chi connectivity index (χ4v) is 5.86. The molecule has 4 aromatic rings. The Kier molecular flexibility index (Phi) is 11.4. The maximum absolute atomic E-state index is 12.7. The van der Waals surface area contributed by atoms with E-state index < -0.39 is 6.04 Å². The molecule has 3 heterocycles. The Morgan fingerprint density at radius 3 is 2.35 bits per heavy atom. The molecule has 5 rings (SSSR count). The Morgan fingerprint density at radius 2 is 1.67 bits per heavy atom. The predicted octanol–water partition coefficient (Wildman–Crippen LogP) is 2.68. The minimum Gasteiger partial charge on any atom is -0.463 e. The zero-order chi connectivity index (χ0) is 32.5. The molecular weight excluding hydrogens is 582 g/mol. The Hall–Kier alpha value is -4.26. The van der Waals surface area contributed by atoms with Crippen LogP contribution in [0.3, 0.4) is 0 Å². The van der Waals surface area contributed by atoms with E-state index in [0.29, 0.717) is 49.7 Å². The van der Waals surface area contributed by atoms with Crippen LogP contribution >= 0.6 is 0 Å². The monoisotopic (exact) mass is 629 g/mol. The third-order valence-electron chi connectivity index (χ3n) is 8.74. The highest BCUT2D eigenvalue weighted by molar-refractivity contribution is 5.82. The summed E-state index contributed by atoms with van der Waals surface area (Å²) < 4.78 is 7.21. The molecule has 0 radical (unpaired) electrons. The molecule has 0 spiro atoms. The molecule has 12 nitrogen and oxygen atoms in total. The Labute approximate surface area is 269 Å². The largest absolute Gasteiger partial charge is 0.463 e. The van der Waals surface area contributed by atoms with E-state index in [1.165, 1.54) is 5.56 Å². The average Bonchev–Trinajstić information content (AvgIpc) is 3.38. The van der Waals surface area contributed by atoms with Crippen molar-refractivity contribution in [2.45, 2.75) is 71.1 Å². The van der Waals surface area contributed by atoms with Gasteiger partial charge in [-0.1, -0.05) is 61.9 Å². The van der Waals surface area contributed by atoms with Gasteiger partial charge in [-0.15, -0.1) is 0 Å². The number of carbonyl (C=O) groups is 1. The van der Waals surface area contributed by atoms with Crippen molar-refractivity contribution < 1.29 is 9.53 Å². The number of imidazole rings is 1. The van der Waals surface area contributed by atoms with Gasteiger partial charge in [0.2, 0.25) is 5.91 Å². The number of piperidine rings is 1. The highest BCUT2D eigenvalue weighted by atomic mass is 16.5. The number of carbonyl (C=O) groups excluding carboxylic acids is 1. The normalized spacial score (nSPS) is 14.8. The maximum Gasteiger partial charge on any atom is 0.328 e. The summed E-state index contributed by atoms with van der Waals surface area (Å²) in [6.45, 7) is 7.00. The zero-order valence-corrected chi connectivity index (χ0v) is 26.7. The second-order valence-electron chi connectivity index (χ2n) is 12.3. The van der Waals surface area contributed by atoms with Crippen LogP contribution in [0.1, 0.15) is 61.3 Å². The number of fused-ring (bicyclic) bond motifs is 1. The number of unbranched alkanes of at least 4 members (excludes halogenated alkanes) is 1. The summed E-state index contributed by atoms with van der Waals surface area (Å²) in [7, 11) is 0. The van der Waals surface area contributed by atoms with E-state index in [2.05, 4.69) is 56.4 Å². The van der Waals surface area contributed by atoms with Crippen LogP contribution < -0.4 is 32.9 Å². The second-order valence-corrected chi connectivity index (χ2v) is 12.3. The molecule has 0 aliphatic carbocycles. The van der Waals surface area contributed by atoms with Gasteiger partial charge in [0.05, 0.1) is 19.2 Å². The SMILES string of the molecule is CCCCOc1nc(N)c2[nH]c(=O)n(Cc3ccc(CN4CCC(CCNC(=O)[C@@H](N)Cc5ccc(CN)cc5)CC4)cc3)c2n1. The van der Waals surface area contributed by atoms with Crippen LogP contribution in [0, 0.1) is 5.92 Å². The van der Waals surface area contributed by atoms with Gasteiger partial charge in [-0.25, -0.2) is 4.79 Å². The van der Waals surface area contributed by atoms with Crippen molar-refractivity contribution in [3.63, 3.8) is 0 Å². The fraction of sp³-hybridized carbons (Fsp3) is 0.471. The number of nitrogens with one attached hydrogen (secondary N) is 2. The number of likely N-dealkylation sites (tertiary alicyclic amines) is 1. The molecule has 1 aliphatic rings. The van der Waals surface area contributed by atoms with Gasteiger partial charge in [-0.3, -0.25) is 14.3 Å². The molecular formula is C34H47N9O3. The summed E-state index contributed by atoms with van der Waals surface area (Å²) in [5.41, 5.74) is 22.8. The Balaban J connectivity index is 1.05. The molecule has 1 saturated heterocycles. The molecule has 2 aromatic heterocycles. The number of hydrogen-bond acceptors (Lipinski definition) is 9. The van der Waals surface area contributed by atoms with E-state index in [1.807, 2.05) is 24.3 Å². The summed E-state index contributed by atoms with van der Waals surface area (Å²) in [5.74, 6) is 0.683. The third-order valence-corrected chi connectivity index (χ3v) is 8.74. The summed E-state index contributed by atoms with van der Waals surface area (Å²) in [5, 5.41) is 3.03. The standard InChI is InChI=1S/C34H47N9O3/c1-2-3-18-46-33-40-30(37)29-31(41-33)43(34(45)39-29)22-27-10-8-26(9-11-27)21-42-16-13-23(14-17-42)12-15-38-32(44)28(36)19-24-4-6-25(20-35)7-5-24/h4-11,23,28H,2-3,12-22,35-36H2,1H3,(H,38,44)(H,39,45)(H2,37,40,41)/t28-/m0/s1. The number of aromatic nitrogens is 4. The van der Waals surface area contributed by atoms with Crippen LogP contribution in [0.15, 0.2) is 53.3 Å². The first-order chi connectivity index (χ1) is 22.3. The van der Waals surface area contributed by atoms with Gasteiger partial charge in [0.1, 0.15) is 5.52 Å². The number of aromatic amines is 1. The fourth-order valence-electron chi connectivity index (χ4n) is 5.86. The number of benzene rings is 2. The first kappa shape index (κ1) is 33.1. The predicted molar refractivity (Wildman–Crippen MR) is 180 cm³/mol. The van der Waals surface area contributed by atoms with Gasteiger partial charge in [0.15, 0.2) is 11.5 Å². The van der Waals surface area contributed by atoms with E-state index in [0.717, 1.165) is 68.4 Å². The quantitative estimate of drug-likeness (QED) is 0.123. The lowest BCUT2D eigenvalue weighted by molar-refractivity contribution is -0.122. The zero-order valence-electron chi connectivity index (χ0n) is 26.7. The molecule has 0 bridgehead atoms. The van der Waals surface area contributed by atoms with Gasteiger partial charge in [-0.2, -0.15) is 9.97 Å². The number of amides is 1. The minimum absolute atomic E-state index is 0.100. The molecule has 1 fully saturated rings. The molecule has 0 unspecified atom stereocenters. The molecule has 2 aromatic carbocycles. The van der Waals surface area contributed by atoms with E-state index in [1.54, 1.807) is 4.57 Å². The number of anilines is 1. The van der Waals surface area contributed by atoms with Crippen LogP contribution in [0.5, 0.6) is 6.01 Å². The van der Waals surface area contributed by atoms with Crippen LogP contribution in [-0.4, -0.2) is 62.6 Å². The van der Waals surface area contributed by atoms with Gasteiger partial charge in [0.25, 0.3) is 0 Å². The number of nitrogens with two attached hydrogens (primary N) is 3. The molecule has 1 amide bonds. The number of nitrogen functional groups attached to an aromatic ring is 1. The minimum atomic E-state index is -0.559.